The Balaban J connectivity index is 2.69. The van der Waals surface area contributed by atoms with Crippen molar-refractivity contribution in [2.45, 2.75) is 13.0 Å². The minimum atomic E-state index is -1.05. The summed E-state index contributed by atoms with van der Waals surface area (Å²) < 4.78 is 1.63. The molecule has 0 saturated heterocycles. The lowest BCUT2D eigenvalue weighted by atomic mass is 10.3. The first kappa shape index (κ1) is 10.3. The first-order valence-electron chi connectivity index (χ1n) is 4.17. The molecule has 0 radical (unpaired) electrons. The van der Waals surface area contributed by atoms with Gasteiger partial charge in [0.05, 0.1) is 0 Å². The van der Waals surface area contributed by atoms with Crippen LogP contribution in [0, 0.1) is 0 Å². The molecular weight excluding hydrogens is 184 g/mol. The first-order valence-corrected chi connectivity index (χ1v) is 4.17. The summed E-state index contributed by atoms with van der Waals surface area (Å²) in [5, 5.41) is 10.9. The van der Waals surface area contributed by atoms with Crippen LogP contribution >= 0.6 is 0 Å². The zero-order chi connectivity index (χ0) is 10.7. The third kappa shape index (κ3) is 2.12. The van der Waals surface area contributed by atoms with Gasteiger partial charge in [-0.1, -0.05) is 0 Å². The maximum atomic E-state index is 11.4. The fraction of sp³-hybridized carbons (Fsp3) is 0.333. The molecule has 5 nitrogen and oxygen atoms in total. The summed E-state index contributed by atoms with van der Waals surface area (Å²) in [4.78, 5) is 21.9. The van der Waals surface area contributed by atoms with Crippen molar-refractivity contribution >= 4 is 11.9 Å². The van der Waals surface area contributed by atoms with E-state index < -0.39 is 12.0 Å². The molecule has 2 N–H and O–H groups in total. The Labute approximate surface area is 81.3 Å². The summed E-state index contributed by atoms with van der Waals surface area (Å²) in [5.74, 6) is -1.43. The van der Waals surface area contributed by atoms with E-state index in [1.54, 1.807) is 29.9 Å². The number of hydrogen-bond acceptors (Lipinski definition) is 2. The highest BCUT2D eigenvalue weighted by Crippen LogP contribution is 1.99. The van der Waals surface area contributed by atoms with Gasteiger partial charge < -0.3 is 15.0 Å². The lowest BCUT2D eigenvalue weighted by Gasteiger charge is -2.09. The normalized spacial score (nSPS) is 12.1. The van der Waals surface area contributed by atoms with E-state index in [0.29, 0.717) is 5.69 Å². The highest BCUT2D eigenvalue weighted by atomic mass is 16.4. The molecule has 1 rings (SSSR count). The van der Waals surface area contributed by atoms with Gasteiger partial charge in [-0.15, -0.1) is 0 Å². The molecule has 0 aliphatic heterocycles. The smallest absolute Gasteiger partial charge is 0.325 e. The van der Waals surface area contributed by atoms with Crippen LogP contribution in [0.3, 0.4) is 0 Å². The number of hydrogen-bond donors (Lipinski definition) is 2. The molecule has 1 aromatic rings. The second-order valence-corrected chi connectivity index (χ2v) is 3.04. The molecule has 0 fully saturated rings. The molecule has 0 aromatic carbocycles. The van der Waals surface area contributed by atoms with Gasteiger partial charge in [0.1, 0.15) is 11.7 Å². The van der Waals surface area contributed by atoms with Crippen LogP contribution < -0.4 is 5.32 Å². The van der Waals surface area contributed by atoms with Crippen molar-refractivity contribution in [1.82, 2.24) is 9.88 Å². The van der Waals surface area contributed by atoms with Gasteiger partial charge in [-0.25, -0.2) is 0 Å². The van der Waals surface area contributed by atoms with E-state index >= 15 is 0 Å². The molecule has 1 aromatic heterocycles. The Morgan fingerprint density at radius 2 is 2.21 bits per heavy atom. The van der Waals surface area contributed by atoms with Crippen molar-refractivity contribution in [2.24, 2.45) is 7.05 Å². The van der Waals surface area contributed by atoms with Crippen molar-refractivity contribution in [1.29, 1.82) is 0 Å². The molecule has 0 unspecified atom stereocenters. The van der Waals surface area contributed by atoms with Crippen LogP contribution in [0.25, 0.3) is 0 Å². The van der Waals surface area contributed by atoms with Crippen molar-refractivity contribution in [2.75, 3.05) is 0 Å². The molecule has 14 heavy (non-hydrogen) atoms. The number of carboxylic acid groups (broad SMARTS) is 1. The summed E-state index contributed by atoms with van der Waals surface area (Å²) in [5.41, 5.74) is 0.443. The van der Waals surface area contributed by atoms with Crippen LogP contribution in [0.1, 0.15) is 17.4 Å². The van der Waals surface area contributed by atoms with Crippen molar-refractivity contribution < 1.29 is 14.7 Å². The molecular formula is C9H12N2O3. The minimum Gasteiger partial charge on any atom is -0.480 e. The number of amides is 1. The zero-order valence-corrected chi connectivity index (χ0v) is 8.02. The SMILES string of the molecule is C[C@H](NC(=O)c1cccn1C)C(=O)O. The predicted octanol–water partition coefficient (Wildman–Crippen LogP) is 0.228. The number of nitrogens with zero attached hydrogens (tertiary/aromatic N) is 1. The van der Waals surface area contributed by atoms with Crippen LogP contribution in [0.5, 0.6) is 0 Å². The number of rotatable bonds is 3. The molecule has 1 amide bonds. The molecule has 0 saturated carbocycles. The molecule has 1 heterocycles. The zero-order valence-electron chi connectivity index (χ0n) is 8.02. The number of carbonyl (C=O) groups is 2. The van der Waals surface area contributed by atoms with E-state index in [4.69, 9.17) is 5.11 Å². The quantitative estimate of drug-likeness (QED) is 0.726. The number of aryl methyl sites for hydroxylation is 1. The predicted molar refractivity (Wildman–Crippen MR) is 50.0 cm³/mol. The van der Waals surface area contributed by atoms with E-state index in [2.05, 4.69) is 5.32 Å². The molecule has 0 aliphatic rings. The molecule has 0 aliphatic carbocycles. The Bertz CT molecular complexity index is 357. The van der Waals surface area contributed by atoms with E-state index in [1.165, 1.54) is 6.92 Å². The highest BCUT2D eigenvalue weighted by Gasteiger charge is 2.16. The van der Waals surface area contributed by atoms with Gasteiger partial charge in [-0.2, -0.15) is 0 Å². The fourth-order valence-corrected chi connectivity index (χ4v) is 1.03. The largest absolute Gasteiger partial charge is 0.480 e. The second-order valence-electron chi connectivity index (χ2n) is 3.04. The summed E-state index contributed by atoms with van der Waals surface area (Å²) in [7, 11) is 1.72. The van der Waals surface area contributed by atoms with Gasteiger partial charge in [0.25, 0.3) is 5.91 Å². The lowest BCUT2D eigenvalue weighted by molar-refractivity contribution is -0.138. The summed E-state index contributed by atoms with van der Waals surface area (Å²) >= 11 is 0. The Hall–Kier alpha value is -1.78. The van der Waals surface area contributed by atoms with E-state index in [9.17, 15) is 9.59 Å². The number of carboxylic acids is 1. The third-order valence-electron chi connectivity index (χ3n) is 1.89. The monoisotopic (exact) mass is 196 g/mol. The van der Waals surface area contributed by atoms with Gasteiger partial charge >= 0.3 is 5.97 Å². The molecule has 76 valence electrons. The van der Waals surface area contributed by atoms with Crippen molar-refractivity contribution in [3.05, 3.63) is 24.0 Å². The van der Waals surface area contributed by atoms with Crippen LogP contribution in [0.2, 0.25) is 0 Å². The maximum Gasteiger partial charge on any atom is 0.325 e. The van der Waals surface area contributed by atoms with Crippen LogP contribution in [0.4, 0.5) is 0 Å². The van der Waals surface area contributed by atoms with Gasteiger partial charge in [-0.3, -0.25) is 9.59 Å². The van der Waals surface area contributed by atoms with Crippen LogP contribution in [0.15, 0.2) is 18.3 Å². The lowest BCUT2D eigenvalue weighted by Crippen LogP contribution is -2.38. The van der Waals surface area contributed by atoms with Crippen molar-refractivity contribution in [3.63, 3.8) is 0 Å². The number of aliphatic carboxylic acids is 1. The Morgan fingerprint density at radius 1 is 1.57 bits per heavy atom. The number of carbonyl (C=O) groups excluding carboxylic acids is 1. The highest BCUT2D eigenvalue weighted by molar-refractivity contribution is 5.95. The fourth-order valence-electron chi connectivity index (χ4n) is 1.03. The maximum absolute atomic E-state index is 11.4. The molecule has 0 spiro atoms. The van der Waals surface area contributed by atoms with Crippen molar-refractivity contribution in [3.8, 4) is 0 Å². The minimum absolute atomic E-state index is 0.382. The standard InChI is InChI=1S/C9H12N2O3/c1-6(9(13)14)10-8(12)7-4-3-5-11(7)2/h3-6H,1-2H3,(H,10,12)(H,13,14)/t6-/m0/s1. The van der Waals surface area contributed by atoms with E-state index in [1.807, 2.05) is 0 Å². The van der Waals surface area contributed by atoms with E-state index in [0.717, 1.165) is 0 Å². The van der Waals surface area contributed by atoms with Gasteiger partial charge in [0, 0.05) is 13.2 Å². The third-order valence-corrected chi connectivity index (χ3v) is 1.89. The number of nitrogens with one attached hydrogen (secondary N) is 1. The Morgan fingerprint density at radius 3 is 2.64 bits per heavy atom. The average Bonchev–Trinajstić information content (AvgIpc) is 2.51. The topological polar surface area (TPSA) is 71.3 Å². The van der Waals surface area contributed by atoms with E-state index in [-0.39, 0.29) is 5.91 Å². The molecule has 1 atom stereocenters. The van der Waals surface area contributed by atoms with Gasteiger partial charge in [-0.05, 0) is 19.1 Å². The molecule has 5 heteroatoms. The van der Waals surface area contributed by atoms with Gasteiger partial charge in [0.2, 0.25) is 0 Å². The summed E-state index contributed by atoms with van der Waals surface area (Å²) in [6.45, 7) is 1.42. The average molecular weight is 196 g/mol. The Kier molecular flexibility index (Phi) is 2.91. The van der Waals surface area contributed by atoms with Crippen LogP contribution in [-0.2, 0) is 11.8 Å². The first-order chi connectivity index (χ1) is 6.52. The van der Waals surface area contributed by atoms with Gasteiger partial charge in [0.15, 0.2) is 0 Å². The number of aromatic nitrogens is 1. The summed E-state index contributed by atoms with van der Waals surface area (Å²) in [6, 6.07) is 2.47. The second kappa shape index (κ2) is 3.95. The van der Waals surface area contributed by atoms with Crippen LogP contribution in [-0.4, -0.2) is 27.6 Å². The molecule has 0 bridgehead atoms. The summed E-state index contributed by atoms with van der Waals surface area (Å²) in [6.07, 6.45) is 1.72.